The van der Waals surface area contributed by atoms with Gasteiger partial charge in [0.25, 0.3) is 5.91 Å². The van der Waals surface area contributed by atoms with E-state index >= 15 is 0 Å². The summed E-state index contributed by atoms with van der Waals surface area (Å²) in [5.74, 6) is 0.0274. The third-order valence-corrected chi connectivity index (χ3v) is 5.12. The molecule has 0 radical (unpaired) electrons. The number of aryl methyl sites for hydroxylation is 2. The number of carbonyl (C=O) groups excluding carboxylic acids is 1. The first-order valence-corrected chi connectivity index (χ1v) is 8.93. The molecule has 1 aliphatic heterocycles. The Labute approximate surface area is 146 Å². The zero-order valence-electron chi connectivity index (χ0n) is 13.5. The van der Waals surface area contributed by atoms with E-state index in [0.29, 0.717) is 6.04 Å². The molecule has 1 unspecified atom stereocenters. The van der Waals surface area contributed by atoms with Gasteiger partial charge >= 0.3 is 0 Å². The van der Waals surface area contributed by atoms with Crippen molar-refractivity contribution in [3.63, 3.8) is 0 Å². The van der Waals surface area contributed by atoms with Gasteiger partial charge in [-0.15, -0.1) is 0 Å². The number of hydrogen-bond donors (Lipinski definition) is 2. The molecular formula is C18H21ClN4O. The molecule has 0 fully saturated rings. The number of amides is 1. The molecular weight excluding hydrogens is 324 g/mol. The first-order chi connectivity index (χ1) is 11.7. The summed E-state index contributed by atoms with van der Waals surface area (Å²) in [7, 11) is 0. The van der Waals surface area contributed by atoms with Gasteiger partial charge in [0.2, 0.25) is 0 Å². The van der Waals surface area contributed by atoms with E-state index in [1.807, 2.05) is 28.9 Å². The van der Waals surface area contributed by atoms with Gasteiger partial charge in [-0.05, 0) is 43.4 Å². The quantitative estimate of drug-likeness (QED) is 0.898. The second-order valence-corrected chi connectivity index (χ2v) is 6.99. The molecule has 2 heterocycles. The van der Waals surface area contributed by atoms with Gasteiger partial charge in [-0.2, -0.15) is 5.10 Å². The van der Waals surface area contributed by atoms with Gasteiger partial charge in [-0.25, -0.2) is 0 Å². The molecule has 1 aliphatic carbocycles. The summed E-state index contributed by atoms with van der Waals surface area (Å²) in [6, 6.07) is 8.29. The third-order valence-electron chi connectivity index (χ3n) is 4.87. The highest BCUT2D eigenvalue weighted by Crippen LogP contribution is 2.26. The van der Waals surface area contributed by atoms with Crippen molar-refractivity contribution in [1.29, 1.82) is 0 Å². The maximum Gasteiger partial charge on any atom is 0.269 e. The van der Waals surface area contributed by atoms with E-state index in [1.165, 1.54) is 5.56 Å². The highest BCUT2D eigenvalue weighted by molar-refractivity contribution is 6.30. The first-order valence-electron chi connectivity index (χ1n) is 8.55. The third kappa shape index (κ3) is 3.06. The van der Waals surface area contributed by atoms with Gasteiger partial charge < -0.3 is 10.6 Å². The molecule has 4 rings (SSSR count). The lowest BCUT2D eigenvalue weighted by atomic mass is 9.91. The molecule has 2 aliphatic rings. The van der Waals surface area contributed by atoms with Crippen LogP contribution in [0.3, 0.4) is 0 Å². The lowest BCUT2D eigenvalue weighted by Gasteiger charge is -2.23. The van der Waals surface area contributed by atoms with Crippen LogP contribution in [0.15, 0.2) is 24.3 Å². The SMILES string of the molecule is O=C1NCCCn2nc3c(c21)CC(NCc1ccc(Cl)cc1)CC3. The van der Waals surface area contributed by atoms with Crippen LogP contribution in [0.1, 0.15) is 40.2 Å². The van der Waals surface area contributed by atoms with Crippen molar-refractivity contribution < 1.29 is 4.79 Å². The summed E-state index contributed by atoms with van der Waals surface area (Å²) >= 11 is 5.93. The van der Waals surface area contributed by atoms with Crippen molar-refractivity contribution in [2.45, 2.75) is 44.8 Å². The van der Waals surface area contributed by atoms with Crippen LogP contribution < -0.4 is 10.6 Å². The predicted molar refractivity (Wildman–Crippen MR) is 93.3 cm³/mol. The summed E-state index contributed by atoms with van der Waals surface area (Å²) < 4.78 is 1.91. The average Bonchev–Trinajstić information content (AvgIpc) is 2.85. The lowest BCUT2D eigenvalue weighted by Crippen LogP contribution is -2.35. The summed E-state index contributed by atoms with van der Waals surface area (Å²) in [5.41, 5.74) is 4.23. The van der Waals surface area contributed by atoms with Crippen molar-refractivity contribution in [3.8, 4) is 0 Å². The molecule has 0 saturated heterocycles. The Bertz CT molecular complexity index is 753. The minimum Gasteiger partial charge on any atom is -0.351 e. The highest BCUT2D eigenvalue weighted by atomic mass is 35.5. The molecule has 0 spiro atoms. The Morgan fingerprint density at radius 2 is 2.17 bits per heavy atom. The largest absolute Gasteiger partial charge is 0.351 e. The molecule has 5 nitrogen and oxygen atoms in total. The molecule has 2 N–H and O–H groups in total. The Morgan fingerprint density at radius 3 is 3.00 bits per heavy atom. The van der Waals surface area contributed by atoms with Crippen molar-refractivity contribution >= 4 is 17.5 Å². The molecule has 1 aromatic carbocycles. The topological polar surface area (TPSA) is 59.0 Å². The van der Waals surface area contributed by atoms with Crippen molar-refractivity contribution in [2.24, 2.45) is 0 Å². The number of carbonyl (C=O) groups is 1. The summed E-state index contributed by atoms with van der Waals surface area (Å²) in [5, 5.41) is 12.0. The van der Waals surface area contributed by atoms with E-state index in [-0.39, 0.29) is 5.91 Å². The lowest BCUT2D eigenvalue weighted by molar-refractivity contribution is 0.0949. The van der Waals surface area contributed by atoms with Crippen LogP contribution in [0.2, 0.25) is 5.02 Å². The summed E-state index contributed by atoms with van der Waals surface area (Å²) in [6.07, 6.45) is 3.79. The van der Waals surface area contributed by atoms with Crippen LogP contribution in [0.5, 0.6) is 0 Å². The van der Waals surface area contributed by atoms with Gasteiger partial charge in [0.15, 0.2) is 0 Å². The molecule has 0 saturated carbocycles. The van der Waals surface area contributed by atoms with Gasteiger partial charge in [-0.3, -0.25) is 9.48 Å². The maximum atomic E-state index is 12.4. The number of aromatic nitrogens is 2. The molecule has 0 bridgehead atoms. The number of nitrogens with one attached hydrogen (secondary N) is 2. The fourth-order valence-electron chi connectivity index (χ4n) is 3.59. The number of benzene rings is 1. The number of hydrogen-bond acceptors (Lipinski definition) is 3. The Hall–Kier alpha value is -1.85. The molecule has 2 aromatic rings. The zero-order valence-corrected chi connectivity index (χ0v) is 14.3. The van der Waals surface area contributed by atoms with Gasteiger partial charge in [0, 0.05) is 36.3 Å². The fourth-order valence-corrected chi connectivity index (χ4v) is 3.72. The standard InChI is InChI=1S/C18H21ClN4O/c19-13-4-2-12(3-5-13)11-21-14-6-7-16-15(10-14)17-18(24)20-8-1-9-23(17)22-16/h2-5,14,21H,1,6-11H2,(H,20,24). The predicted octanol–water partition coefficient (Wildman–Crippen LogP) is 2.32. The minimum absolute atomic E-state index is 0.0274. The molecule has 1 aromatic heterocycles. The van der Waals surface area contributed by atoms with Gasteiger partial charge in [-0.1, -0.05) is 23.7 Å². The van der Waals surface area contributed by atoms with Crippen LogP contribution in [-0.4, -0.2) is 28.3 Å². The van der Waals surface area contributed by atoms with Crippen LogP contribution in [0.25, 0.3) is 0 Å². The van der Waals surface area contributed by atoms with E-state index in [9.17, 15) is 4.79 Å². The second kappa shape index (κ2) is 6.57. The number of rotatable bonds is 3. The van der Waals surface area contributed by atoms with E-state index in [2.05, 4.69) is 15.7 Å². The van der Waals surface area contributed by atoms with Gasteiger partial charge in [0.1, 0.15) is 5.69 Å². The van der Waals surface area contributed by atoms with Crippen LogP contribution in [-0.2, 0) is 25.9 Å². The van der Waals surface area contributed by atoms with E-state index in [0.717, 1.165) is 67.3 Å². The van der Waals surface area contributed by atoms with E-state index < -0.39 is 0 Å². The van der Waals surface area contributed by atoms with E-state index in [4.69, 9.17) is 11.6 Å². The zero-order chi connectivity index (χ0) is 16.5. The Kier molecular flexibility index (Phi) is 4.29. The normalized spacial score (nSPS) is 20.0. The number of nitrogens with zero attached hydrogens (tertiary/aromatic N) is 2. The van der Waals surface area contributed by atoms with Gasteiger partial charge in [0.05, 0.1) is 5.69 Å². The van der Waals surface area contributed by atoms with E-state index in [1.54, 1.807) is 0 Å². The maximum absolute atomic E-state index is 12.4. The monoisotopic (exact) mass is 344 g/mol. The molecule has 1 atom stereocenters. The van der Waals surface area contributed by atoms with Crippen LogP contribution in [0, 0.1) is 0 Å². The molecule has 126 valence electrons. The summed E-state index contributed by atoms with van der Waals surface area (Å²) in [6.45, 7) is 2.37. The molecule has 6 heteroatoms. The van der Waals surface area contributed by atoms with Crippen LogP contribution >= 0.6 is 11.6 Å². The van der Waals surface area contributed by atoms with Crippen molar-refractivity contribution in [2.75, 3.05) is 6.54 Å². The summed E-state index contributed by atoms with van der Waals surface area (Å²) in [4.78, 5) is 12.4. The molecule has 1 amide bonds. The van der Waals surface area contributed by atoms with Crippen LogP contribution in [0.4, 0.5) is 0 Å². The highest BCUT2D eigenvalue weighted by Gasteiger charge is 2.29. The number of fused-ring (bicyclic) bond motifs is 3. The smallest absolute Gasteiger partial charge is 0.269 e. The molecule has 24 heavy (non-hydrogen) atoms. The van der Waals surface area contributed by atoms with Crippen molar-refractivity contribution in [3.05, 3.63) is 51.8 Å². The average molecular weight is 345 g/mol. The second-order valence-electron chi connectivity index (χ2n) is 6.55. The number of halogens is 1. The van der Waals surface area contributed by atoms with Crippen molar-refractivity contribution in [1.82, 2.24) is 20.4 Å². The minimum atomic E-state index is 0.0274. The first kappa shape index (κ1) is 15.7. The Morgan fingerprint density at radius 1 is 1.33 bits per heavy atom. The fraction of sp³-hybridized carbons (Fsp3) is 0.444. The Balaban J connectivity index is 1.48.